The number of carbonyl (C=O) groups excluding carboxylic acids is 1. The van der Waals surface area contributed by atoms with Crippen molar-refractivity contribution in [1.82, 2.24) is 15.5 Å². The Hall–Kier alpha value is -3.48. The van der Waals surface area contributed by atoms with Gasteiger partial charge in [0.25, 0.3) is 5.91 Å². The number of ether oxygens (including phenoxy) is 3. The van der Waals surface area contributed by atoms with E-state index >= 15 is 0 Å². The van der Waals surface area contributed by atoms with Crippen LogP contribution in [0.5, 0.6) is 17.2 Å². The molecule has 0 unspecified atom stereocenters. The third-order valence-electron chi connectivity index (χ3n) is 4.40. The first-order valence-corrected chi connectivity index (χ1v) is 8.74. The lowest BCUT2D eigenvalue weighted by Crippen LogP contribution is -2.23. The van der Waals surface area contributed by atoms with Gasteiger partial charge in [-0.25, -0.2) is 0 Å². The van der Waals surface area contributed by atoms with E-state index in [-0.39, 0.29) is 5.91 Å². The molecule has 0 fully saturated rings. The average Bonchev–Trinajstić information content (AvgIpc) is 3.21. The zero-order valence-electron chi connectivity index (χ0n) is 16.3. The van der Waals surface area contributed by atoms with Crippen molar-refractivity contribution in [3.8, 4) is 28.5 Å². The Labute approximate surface area is 163 Å². The SMILES string of the molecule is COc1cc(CNC(=O)c2cc(-c3ccc(OC)cc3C)n[nH]2)cc(OC)c1. The van der Waals surface area contributed by atoms with Gasteiger partial charge < -0.3 is 19.5 Å². The van der Waals surface area contributed by atoms with E-state index in [1.54, 1.807) is 33.5 Å². The van der Waals surface area contributed by atoms with Crippen LogP contribution in [-0.2, 0) is 6.54 Å². The van der Waals surface area contributed by atoms with Gasteiger partial charge in [0.05, 0.1) is 27.0 Å². The van der Waals surface area contributed by atoms with Crippen LogP contribution >= 0.6 is 0 Å². The van der Waals surface area contributed by atoms with Crippen LogP contribution in [0.2, 0.25) is 0 Å². The van der Waals surface area contributed by atoms with Crippen molar-refractivity contribution in [3.63, 3.8) is 0 Å². The Morgan fingerprint density at radius 1 is 0.964 bits per heavy atom. The van der Waals surface area contributed by atoms with Crippen LogP contribution in [0.25, 0.3) is 11.3 Å². The van der Waals surface area contributed by atoms with E-state index in [0.717, 1.165) is 22.4 Å². The number of aromatic amines is 1. The summed E-state index contributed by atoms with van der Waals surface area (Å²) in [5.74, 6) is 1.87. The van der Waals surface area contributed by atoms with Gasteiger partial charge in [0.2, 0.25) is 0 Å². The summed E-state index contributed by atoms with van der Waals surface area (Å²) in [6, 6.07) is 12.9. The standard InChI is InChI=1S/C21H23N3O4/c1-13-7-15(26-2)5-6-18(13)19-11-20(24-23-19)21(25)22-12-14-8-16(27-3)10-17(9-14)28-4/h5-11H,12H2,1-4H3,(H,22,25)(H,23,24). The third kappa shape index (κ3) is 4.25. The van der Waals surface area contributed by atoms with Gasteiger partial charge in [-0.15, -0.1) is 0 Å². The molecule has 0 saturated heterocycles. The molecule has 2 aromatic carbocycles. The zero-order chi connectivity index (χ0) is 20.1. The highest BCUT2D eigenvalue weighted by Crippen LogP contribution is 2.26. The normalized spacial score (nSPS) is 10.4. The number of methoxy groups -OCH3 is 3. The van der Waals surface area contributed by atoms with Crippen LogP contribution < -0.4 is 19.5 Å². The van der Waals surface area contributed by atoms with Crippen molar-refractivity contribution in [3.05, 3.63) is 59.3 Å². The number of H-pyrrole nitrogens is 1. The molecule has 1 heterocycles. The lowest BCUT2D eigenvalue weighted by molar-refractivity contribution is 0.0946. The highest BCUT2D eigenvalue weighted by atomic mass is 16.5. The van der Waals surface area contributed by atoms with Crippen LogP contribution in [-0.4, -0.2) is 37.4 Å². The van der Waals surface area contributed by atoms with Crippen LogP contribution in [0.1, 0.15) is 21.6 Å². The molecule has 7 nitrogen and oxygen atoms in total. The lowest BCUT2D eigenvalue weighted by atomic mass is 10.1. The van der Waals surface area contributed by atoms with Gasteiger partial charge in [0.15, 0.2) is 0 Å². The molecule has 2 N–H and O–H groups in total. The summed E-state index contributed by atoms with van der Waals surface area (Å²) in [6.07, 6.45) is 0. The molecule has 0 radical (unpaired) electrons. The quantitative estimate of drug-likeness (QED) is 0.656. The van der Waals surface area contributed by atoms with E-state index in [0.29, 0.717) is 29.4 Å². The summed E-state index contributed by atoms with van der Waals surface area (Å²) >= 11 is 0. The molecule has 3 aromatic rings. The fourth-order valence-corrected chi connectivity index (χ4v) is 2.87. The predicted octanol–water partition coefficient (Wildman–Crippen LogP) is 3.34. The van der Waals surface area contributed by atoms with E-state index in [1.165, 1.54) is 0 Å². The summed E-state index contributed by atoms with van der Waals surface area (Å²) in [5, 5.41) is 9.94. The molecule has 0 bridgehead atoms. The molecule has 1 aromatic heterocycles. The molecule has 7 heteroatoms. The Bertz CT molecular complexity index is 959. The topological polar surface area (TPSA) is 85.5 Å². The number of amides is 1. The summed E-state index contributed by atoms with van der Waals surface area (Å²) < 4.78 is 15.7. The van der Waals surface area contributed by atoms with Crippen molar-refractivity contribution in [2.24, 2.45) is 0 Å². The van der Waals surface area contributed by atoms with Crippen molar-refractivity contribution in [2.75, 3.05) is 21.3 Å². The fourth-order valence-electron chi connectivity index (χ4n) is 2.87. The Morgan fingerprint density at radius 3 is 2.25 bits per heavy atom. The molecular formula is C21H23N3O4. The van der Waals surface area contributed by atoms with E-state index in [2.05, 4.69) is 15.5 Å². The number of aryl methyl sites for hydroxylation is 1. The molecule has 0 atom stereocenters. The Balaban J connectivity index is 1.71. The highest BCUT2D eigenvalue weighted by Gasteiger charge is 2.13. The maximum Gasteiger partial charge on any atom is 0.269 e. The molecule has 0 aliphatic carbocycles. The molecule has 3 rings (SSSR count). The molecule has 0 saturated carbocycles. The number of nitrogens with zero attached hydrogens (tertiary/aromatic N) is 1. The lowest BCUT2D eigenvalue weighted by Gasteiger charge is -2.09. The van der Waals surface area contributed by atoms with Crippen LogP contribution in [0.4, 0.5) is 0 Å². The average molecular weight is 381 g/mol. The maximum atomic E-state index is 12.5. The largest absolute Gasteiger partial charge is 0.497 e. The van der Waals surface area contributed by atoms with Crippen LogP contribution in [0, 0.1) is 6.92 Å². The molecule has 0 aliphatic heterocycles. The van der Waals surface area contributed by atoms with Gasteiger partial charge in [0.1, 0.15) is 22.9 Å². The first-order valence-electron chi connectivity index (χ1n) is 8.74. The van der Waals surface area contributed by atoms with Crippen molar-refractivity contribution in [1.29, 1.82) is 0 Å². The van der Waals surface area contributed by atoms with E-state index in [1.807, 2.05) is 37.3 Å². The van der Waals surface area contributed by atoms with E-state index in [4.69, 9.17) is 14.2 Å². The second kappa shape index (κ2) is 8.47. The predicted molar refractivity (Wildman–Crippen MR) is 106 cm³/mol. The number of rotatable bonds is 7. The first-order chi connectivity index (χ1) is 13.5. The zero-order valence-corrected chi connectivity index (χ0v) is 16.3. The number of aromatic nitrogens is 2. The fraction of sp³-hybridized carbons (Fsp3) is 0.238. The minimum atomic E-state index is -0.244. The molecule has 0 spiro atoms. The Kier molecular flexibility index (Phi) is 5.84. The molecule has 28 heavy (non-hydrogen) atoms. The van der Waals surface area contributed by atoms with Crippen LogP contribution in [0.15, 0.2) is 42.5 Å². The van der Waals surface area contributed by atoms with Gasteiger partial charge in [-0.05, 0) is 54.4 Å². The summed E-state index contributed by atoms with van der Waals surface area (Å²) in [5.41, 5.74) is 3.92. The monoisotopic (exact) mass is 381 g/mol. The van der Waals surface area contributed by atoms with E-state index in [9.17, 15) is 4.79 Å². The van der Waals surface area contributed by atoms with E-state index < -0.39 is 0 Å². The third-order valence-corrected chi connectivity index (χ3v) is 4.40. The number of benzene rings is 2. The second-order valence-electron chi connectivity index (χ2n) is 6.25. The minimum Gasteiger partial charge on any atom is -0.497 e. The summed E-state index contributed by atoms with van der Waals surface area (Å²) in [6.45, 7) is 2.31. The van der Waals surface area contributed by atoms with Gasteiger partial charge in [0, 0.05) is 18.2 Å². The van der Waals surface area contributed by atoms with Crippen molar-refractivity contribution >= 4 is 5.91 Å². The van der Waals surface area contributed by atoms with Gasteiger partial charge in [-0.2, -0.15) is 5.10 Å². The van der Waals surface area contributed by atoms with Crippen LogP contribution in [0.3, 0.4) is 0 Å². The number of hydrogen-bond donors (Lipinski definition) is 2. The molecule has 146 valence electrons. The first kappa shape index (κ1) is 19.3. The minimum absolute atomic E-state index is 0.244. The highest BCUT2D eigenvalue weighted by molar-refractivity contribution is 5.93. The second-order valence-corrected chi connectivity index (χ2v) is 6.25. The summed E-state index contributed by atoms with van der Waals surface area (Å²) in [7, 11) is 4.80. The molecule has 0 aliphatic rings. The van der Waals surface area contributed by atoms with Gasteiger partial charge in [-0.1, -0.05) is 0 Å². The number of hydrogen-bond acceptors (Lipinski definition) is 5. The summed E-state index contributed by atoms with van der Waals surface area (Å²) in [4.78, 5) is 12.5. The molecule has 1 amide bonds. The Morgan fingerprint density at radius 2 is 1.64 bits per heavy atom. The van der Waals surface area contributed by atoms with Gasteiger partial charge in [-0.3, -0.25) is 9.89 Å². The number of carbonyl (C=O) groups is 1. The smallest absolute Gasteiger partial charge is 0.269 e. The van der Waals surface area contributed by atoms with Crippen molar-refractivity contribution in [2.45, 2.75) is 13.5 Å². The molecular weight excluding hydrogens is 358 g/mol. The van der Waals surface area contributed by atoms with Gasteiger partial charge >= 0.3 is 0 Å². The van der Waals surface area contributed by atoms with Crippen molar-refractivity contribution < 1.29 is 19.0 Å². The number of nitrogens with one attached hydrogen (secondary N) is 2. The maximum absolute atomic E-state index is 12.5.